The Morgan fingerprint density at radius 3 is 2.42 bits per heavy atom. The van der Waals surface area contributed by atoms with E-state index >= 15 is 0 Å². The number of amides is 1. The molecule has 0 radical (unpaired) electrons. The van der Waals surface area contributed by atoms with Crippen LogP contribution in [0, 0.1) is 0 Å². The van der Waals surface area contributed by atoms with Gasteiger partial charge in [-0.05, 0) is 12.8 Å². The molecule has 0 unspecified atom stereocenters. The summed E-state index contributed by atoms with van der Waals surface area (Å²) in [5.41, 5.74) is 0. The fraction of sp³-hybridized carbons (Fsp3) is 0.833. The van der Waals surface area contributed by atoms with Crippen LogP contribution in [0.4, 0.5) is 0 Å². The molecule has 0 aliphatic heterocycles. The first-order valence-corrected chi connectivity index (χ1v) is 5.50. The SMILES string of the molecule is CNC(=O)CCCCP(=O)(O)O. The first-order valence-electron chi connectivity index (χ1n) is 3.71. The average molecular weight is 195 g/mol. The quantitative estimate of drug-likeness (QED) is 0.428. The summed E-state index contributed by atoms with van der Waals surface area (Å²) >= 11 is 0. The van der Waals surface area contributed by atoms with E-state index in [1.807, 2.05) is 0 Å². The van der Waals surface area contributed by atoms with E-state index in [1.54, 1.807) is 0 Å². The largest absolute Gasteiger partial charge is 0.359 e. The Kier molecular flexibility index (Phi) is 5.13. The van der Waals surface area contributed by atoms with Crippen molar-refractivity contribution < 1.29 is 19.1 Å². The maximum Gasteiger partial charge on any atom is 0.325 e. The van der Waals surface area contributed by atoms with Crippen LogP contribution in [0.2, 0.25) is 0 Å². The zero-order valence-corrected chi connectivity index (χ0v) is 7.88. The highest BCUT2D eigenvalue weighted by molar-refractivity contribution is 7.51. The van der Waals surface area contributed by atoms with E-state index in [0.29, 0.717) is 19.3 Å². The van der Waals surface area contributed by atoms with Crippen molar-refractivity contribution in [3.05, 3.63) is 0 Å². The molecule has 0 bridgehead atoms. The molecule has 0 atom stereocenters. The number of carbonyl (C=O) groups excluding carboxylic acids is 1. The summed E-state index contributed by atoms with van der Waals surface area (Å²) < 4.78 is 10.3. The van der Waals surface area contributed by atoms with E-state index in [2.05, 4.69) is 5.32 Å². The van der Waals surface area contributed by atoms with Crippen LogP contribution in [0.25, 0.3) is 0 Å². The lowest BCUT2D eigenvalue weighted by Gasteiger charge is -2.02. The molecule has 6 heteroatoms. The summed E-state index contributed by atoms with van der Waals surface area (Å²) in [6.45, 7) is 0. The summed E-state index contributed by atoms with van der Waals surface area (Å²) in [7, 11) is -2.33. The van der Waals surface area contributed by atoms with Crippen LogP contribution >= 0.6 is 7.60 Å². The van der Waals surface area contributed by atoms with Crippen molar-refractivity contribution >= 4 is 13.5 Å². The highest BCUT2D eigenvalue weighted by Gasteiger charge is 2.11. The maximum atomic E-state index is 10.6. The summed E-state index contributed by atoms with van der Waals surface area (Å²) in [6, 6.07) is 0. The van der Waals surface area contributed by atoms with Crippen molar-refractivity contribution in [3.8, 4) is 0 Å². The third kappa shape index (κ3) is 7.72. The Morgan fingerprint density at radius 2 is 2.00 bits per heavy atom. The van der Waals surface area contributed by atoms with E-state index in [1.165, 1.54) is 7.05 Å². The molecule has 0 rings (SSSR count). The molecule has 12 heavy (non-hydrogen) atoms. The van der Waals surface area contributed by atoms with Gasteiger partial charge < -0.3 is 15.1 Å². The molecule has 1 amide bonds. The minimum absolute atomic E-state index is 0.0966. The second-order valence-corrected chi connectivity index (χ2v) is 4.30. The van der Waals surface area contributed by atoms with Gasteiger partial charge in [0.15, 0.2) is 0 Å². The van der Waals surface area contributed by atoms with Crippen LogP contribution < -0.4 is 5.32 Å². The Labute approximate surface area is 71.3 Å². The van der Waals surface area contributed by atoms with Gasteiger partial charge in [0.2, 0.25) is 5.91 Å². The van der Waals surface area contributed by atoms with Crippen molar-refractivity contribution in [1.29, 1.82) is 0 Å². The van der Waals surface area contributed by atoms with Gasteiger partial charge in [-0.1, -0.05) is 0 Å². The third-order valence-corrected chi connectivity index (χ3v) is 2.28. The maximum absolute atomic E-state index is 10.6. The van der Waals surface area contributed by atoms with Crippen LogP contribution in [0.1, 0.15) is 19.3 Å². The van der Waals surface area contributed by atoms with Gasteiger partial charge in [-0.25, -0.2) is 0 Å². The minimum Gasteiger partial charge on any atom is -0.359 e. The van der Waals surface area contributed by atoms with Crippen molar-refractivity contribution in [1.82, 2.24) is 5.32 Å². The molecule has 3 N–H and O–H groups in total. The Hall–Kier alpha value is -0.380. The summed E-state index contributed by atoms with van der Waals surface area (Å²) in [4.78, 5) is 27.5. The summed E-state index contributed by atoms with van der Waals surface area (Å²) in [6.07, 6.45) is 1.10. The Balaban J connectivity index is 3.34. The molecule has 72 valence electrons. The number of hydrogen-bond acceptors (Lipinski definition) is 2. The smallest absolute Gasteiger partial charge is 0.325 e. The third-order valence-electron chi connectivity index (χ3n) is 1.38. The van der Waals surface area contributed by atoms with Gasteiger partial charge in [0.1, 0.15) is 0 Å². The molecular weight excluding hydrogens is 181 g/mol. The van der Waals surface area contributed by atoms with E-state index in [4.69, 9.17) is 9.79 Å². The molecule has 0 heterocycles. The van der Waals surface area contributed by atoms with Crippen LogP contribution in [0.15, 0.2) is 0 Å². The van der Waals surface area contributed by atoms with E-state index in [-0.39, 0.29) is 12.1 Å². The molecule has 0 saturated heterocycles. The topological polar surface area (TPSA) is 86.6 Å². The lowest BCUT2D eigenvalue weighted by Crippen LogP contribution is -2.17. The number of unbranched alkanes of at least 4 members (excludes halogenated alkanes) is 1. The number of nitrogens with one attached hydrogen (secondary N) is 1. The average Bonchev–Trinajstić information content (AvgIpc) is 1.96. The molecule has 0 aromatic rings. The predicted octanol–water partition coefficient (Wildman–Crippen LogP) is 0.0804. The van der Waals surface area contributed by atoms with Crippen molar-refractivity contribution in [2.45, 2.75) is 19.3 Å². The molecule has 5 nitrogen and oxygen atoms in total. The van der Waals surface area contributed by atoms with Crippen LogP contribution in [0.3, 0.4) is 0 Å². The van der Waals surface area contributed by atoms with Gasteiger partial charge in [-0.15, -0.1) is 0 Å². The normalized spacial score (nSPS) is 11.2. The standard InChI is InChI=1S/C6H14NO4P/c1-7-6(8)4-2-3-5-12(9,10)11/h2-5H2,1H3,(H,7,8)(H2,9,10,11). The fourth-order valence-electron chi connectivity index (χ4n) is 0.728. The van der Waals surface area contributed by atoms with E-state index in [9.17, 15) is 9.36 Å². The lowest BCUT2D eigenvalue weighted by atomic mass is 10.2. The van der Waals surface area contributed by atoms with E-state index < -0.39 is 7.60 Å². The molecule has 0 aliphatic carbocycles. The Morgan fingerprint density at radius 1 is 1.42 bits per heavy atom. The number of carbonyl (C=O) groups is 1. The van der Waals surface area contributed by atoms with Crippen LogP contribution in [-0.4, -0.2) is 28.9 Å². The molecule has 0 aromatic carbocycles. The fourth-order valence-corrected chi connectivity index (χ4v) is 1.36. The molecule has 0 saturated carbocycles. The lowest BCUT2D eigenvalue weighted by molar-refractivity contribution is -0.120. The zero-order valence-electron chi connectivity index (χ0n) is 6.99. The molecular formula is C6H14NO4P. The second kappa shape index (κ2) is 5.30. The molecule has 0 spiro atoms. The Bertz CT molecular complexity index is 188. The van der Waals surface area contributed by atoms with Crippen LogP contribution in [0.5, 0.6) is 0 Å². The molecule has 0 aromatic heterocycles. The van der Waals surface area contributed by atoms with Gasteiger partial charge >= 0.3 is 7.60 Å². The van der Waals surface area contributed by atoms with Crippen LogP contribution in [-0.2, 0) is 9.36 Å². The predicted molar refractivity (Wildman–Crippen MR) is 44.8 cm³/mol. The minimum atomic E-state index is -3.87. The van der Waals surface area contributed by atoms with Gasteiger partial charge in [-0.3, -0.25) is 9.36 Å². The van der Waals surface area contributed by atoms with Gasteiger partial charge in [0, 0.05) is 19.6 Å². The number of hydrogen-bond donors (Lipinski definition) is 3. The molecule has 0 aliphatic rings. The highest BCUT2D eigenvalue weighted by Crippen LogP contribution is 2.35. The van der Waals surface area contributed by atoms with E-state index in [0.717, 1.165) is 0 Å². The highest BCUT2D eigenvalue weighted by atomic mass is 31.2. The van der Waals surface area contributed by atoms with Crippen molar-refractivity contribution in [3.63, 3.8) is 0 Å². The zero-order chi connectivity index (χ0) is 9.61. The number of rotatable bonds is 5. The molecule has 0 fully saturated rings. The van der Waals surface area contributed by atoms with Crippen molar-refractivity contribution in [2.24, 2.45) is 0 Å². The monoisotopic (exact) mass is 195 g/mol. The summed E-state index contributed by atoms with van der Waals surface area (Å²) in [5.74, 6) is -0.0966. The van der Waals surface area contributed by atoms with Gasteiger partial charge in [-0.2, -0.15) is 0 Å². The first-order chi connectivity index (χ1) is 5.45. The van der Waals surface area contributed by atoms with Crippen molar-refractivity contribution in [2.75, 3.05) is 13.2 Å². The van der Waals surface area contributed by atoms with Gasteiger partial charge in [0.25, 0.3) is 0 Å². The second-order valence-electron chi connectivity index (χ2n) is 2.52. The summed E-state index contributed by atoms with van der Waals surface area (Å²) in [5, 5.41) is 2.43. The first kappa shape index (κ1) is 11.6. The van der Waals surface area contributed by atoms with Gasteiger partial charge in [0.05, 0.1) is 0 Å².